The molecule has 0 aromatic carbocycles. The maximum Gasteiger partial charge on any atom is 0.191 e. The molecule has 24 heavy (non-hydrogen) atoms. The van der Waals surface area contributed by atoms with Crippen molar-refractivity contribution in [1.82, 2.24) is 0 Å². The summed E-state index contributed by atoms with van der Waals surface area (Å²) >= 11 is 0. The fourth-order valence-corrected chi connectivity index (χ4v) is 8.55. The molecule has 2 aliphatic carbocycles. The summed E-state index contributed by atoms with van der Waals surface area (Å²) in [5.74, 6) is 2.41. The minimum absolute atomic E-state index is 0.296. The van der Waals surface area contributed by atoms with E-state index in [2.05, 4.69) is 34.6 Å². The predicted molar refractivity (Wildman–Crippen MR) is 105 cm³/mol. The van der Waals surface area contributed by atoms with Crippen molar-refractivity contribution in [3.8, 4) is 0 Å². The van der Waals surface area contributed by atoms with Crippen LogP contribution in [0.1, 0.15) is 79.6 Å². The molecule has 0 N–H and O–H groups in total. The van der Waals surface area contributed by atoms with Crippen LogP contribution < -0.4 is 0 Å². The van der Waals surface area contributed by atoms with E-state index >= 15 is 0 Å². The summed E-state index contributed by atoms with van der Waals surface area (Å²) in [6, 6.07) is 3.75. The zero-order valence-electron chi connectivity index (χ0n) is 16.8. The Morgan fingerprint density at radius 3 is 2.50 bits per heavy atom. The molecule has 0 spiro atoms. The molecule has 0 saturated heterocycles. The van der Waals surface area contributed by atoms with E-state index in [4.69, 9.17) is 4.43 Å². The third-order valence-electron chi connectivity index (χ3n) is 7.77. The van der Waals surface area contributed by atoms with Crippen molar-refractivity contribution < 1.29 is 9.22 Å². The highest BCUT2D eigenvalue weighted by Gasteiger charge is 2.52. The molecule has 0 amide bonds. The number of ketones is 1. The molecule has 4 atom stereocenters. The Morgan fingerprint density at radius 1 is 1.21 bits per heavy atom. The van der Waals surface area contributed by atoms with E-state index in [9.17, 15) is 4.79 Å². The van der Waals surface area contributed by atoms with Gasteiger partial charge in [-0.2, -0.15) is 0 Å². The summed E-state index contributed by atoms with van der Waals surface area (Å²) < 4.78 is 6.42. The summed E-state index contributed by atoms with van der Waals surface area (Å²) in [6.07, 6.45) is 8.12. The maximum absolute atomic E-state index is 12.3. The number of rotatable bonds is 9. The van der Waals surface area contributed by atoms with Gasteiger partial charge in [0.15, 0.2) is 8.32 Å². The van der Waals surface area contributed by atoms with Gasteiger partial charge in [0.1, 0.15) is 5.78 Å². The number of fused-ring (bicyclic) bond motifs is 1. The normalized spacial score (nSPS) is 32.0. The second-order valence-corrected chi connectivity index (χ2v) is 13.5. The molecular weight excluding hydrogens is 312 g/mol. The van der Waals surface area contributed by atoms with Crippen LogP contribution in [-0.2, 0) is 9.22 Å². The molecule has 0 aliphatic heterocycles. The van der Waals surface area contributed by atoms with Gasteiger partial charge in [0.05, 0.1) is 0 Å². The first-order chi connectivity index (χ1) is 11.4. The van der Waals surface area contributed by atoms with E-state index in [1.54, 1.807) is 0 Å². The van der Waals surface area contributed by atoms with E-state index in [0.29, 0.717) is 17.1 Å². The molecule has 0 radical (unpaired) electrons. The molecule has 2 fully saturated rings. The van der Waals surface area contributed by atoms with Gasteiger partial charge in [-0.05, 0) is 73.9 Å². The monoisotopic (exact) mass is 352 g/mol. The second-order valence-electron chi connectivity index (χ2n) is 8.77. The van der Waals surface area contributed by atoms with E-state index in [1.807, 2.05) is 0 Å². The average molecular weight is 353 g/mol. The van der Waals surface area contributed by atoms with Crippen molar-refractivity contribution in [1.29, 1.82) is 0 Å². The first-order valence-corrected chi connectivity index (χ1v) is 13.1. The molecule has 140 valence electrons. The number of hydrogen-bond acceptors (Lipinski definition) is 2. The highest BCUT2D eigenvalue weighted by molar-refractivity contribution is 6.73. The van der Waals surface area contributed by atoms with Crippen LogP contribution in [0.4, 0.5) is 0 Å². The average Bonchev–Trinajstić information content (AvgIpc) is 2.94. The van der Waals surface area contributed by atoms with Crippen LogP contribution in [0.2, 0.25) is 18.1 Å². The maximum atomic E-state index is 12.3. The topological polar surface area (TPSA) is 26.3 Å². The molecule has 2 rings (SSSR count). The Morgan fingerprint density at radius 2 is 1.88 bits per heavy atom. The lowest BCUT2D eigenvalue weighted by Gasteiger charge is -2.42. The van der Waals surface area contributed by atoms with Crippen LogP contribution in [0, 0.1) is 23.2 Å². The Kier molecular flexibility index (Phi) is 7.13. The zero-order valence-corrected chi connectivity index (χ0v) is 17.8. The van der Waals surface area contributed by atoms with E-state index < -0.39 is 8.32 Å². The quantitative estimate of drug-likeness (QED) is 0.364. The molecular formula is C21H40O2Si. The Labute approximate surface area is 151 Å². The van der Waals surface area contributed by atoms with Crippen molar-refractivity contribution in [3.05, 3.63) is 0 Å². The summed E-state index contributed by atoms with van der Waals surface area (Å²) in [5.41, 5.74) is 0.296. The fraction of sp³-hybridized carbons (Fsp3) is 0.952. The van der Waals surface area contributed by atoms with Crippen LogP contribution in [0.25, 0.3) is 0 Å². The molecule has 0 aromatic rings. The highest BCUT2D eigenvalue weighted by atomic mass is 28.4. The third-order valence-corrected chi connectivity index (χ3v) is 12.5. The van der Waals surface area contributed by atoms with Gasteiger partial charge in [0.2, 0.25) is 0 Å². The smallest absolute Gasteiger partial charge is 0.191 e. The first-order valence-electron chi connectivity index (χ1n) is 10.6. The highest BCUT2D eigenvalue weighted by Crippen LogP contribution is 2.57. The van der Waals surface area contributed by atoms with Crippen LogP contribution >= 0.6 is 0 Å². The second kappa shape index (κ2) is 8.49. The number of Topliss-reactive ketones (excluding diaryl/α,β-unsaturated/α-hetero) is 1. The summed E-state index contributed by atoms with van der Waals surface area (Å²) in [7, 11) is -1.42. The predicted octanol–water partition coefficient (Wildman–Crippen LogP) is 6.21. The Hall–Kier alpha value is -0.153. The van der Waals surface area contributed by atoms with Gasteiger partial charge in [-0.3, -0.25) is 4.79 Å². The molecule has 0 heterocycles. The van der Waals surface area contributed by atoms with Crippen LogP contribution in [0.3, 0.4) is 0 Å². The van der Waals surface area contributed by atoms with Crippen molar-refractivity contribution >= 4 is 14.1 Å². The zero-order chi connectivity index (χ0) is 17.8. The van der Waals surface area contributed by atoms with Crippen LogP contribution in [0.5, 0.6) is 0 Å². The van der Waals surface area contributed by atoms with Gasteiger partial charge in [-0.25, -0.2) is 0 Å². The third kappa shape index (κ3) is 3.98. The number of carbonyl (C=O) groups excluding carboxylic acids is 1. The molecule has 1 unspecified atom stereocenters. The lowest BCUT2D eigenvalue weighted by Crippen LogP contribution is -2.39. The van der Waals surface area contributed by atoms with E-state index in [-0.39, 0.29) is 0 Å². The van der Waals surface area contributed by atoms with Gasteiger partial charge in [0.25, 0.3) is 0 Å². The van der Waals surface area contributed by atoms with E-state index in [0.717, 1.165) is 37.7 Å². The molecule has 2 aliphatic rings. The summed E-state index contributed by atoms with van der Waals surface area (Å²) in [6.45, 7) is 12.7. The van der Waals surface area contributed by atoms with Gasteiger partial charge in [-0.1, -0.05) is 34.6 Å². The van der Waals surface area contributed by atoms with Gasteiger partial charge in [0, 0.05) is 18.9 Å². The molecule has 0 aromatic heterocycles. The summed E-state index contributed by atoms with van der Waals surface area (Å²) in [4.78, 5) is 12.3. The Balaban J connectivity index is 1.83. The molecule has 2 nitrogen and oxygen atoms in total. The standard InChI is InChI=1S/C21H40O2Si/c1-6-24(7-2,8-3)23-16-10-11-17(4)18-13-14-19-20(22)12-9-15-21(18,19)5/h17-19H,6-16H2,1-5H3/t17?,18-,19+,21-/m1/s1. The molecule has 2 saturated carbocycles. The molecule has 3 heteroatoms. The van der Waals surface area contributed by atoms with Gasteiger partial charge < -0.3 is 4.43 Å². The lowest BCUT2D eigenvalue weighted by atomic mass is 9.62. The van der Waals surface area contributed by atoms with Crippen LogP contribution in [0.15, 0.2) is 0 Å². The van der Waals surface area contributed by atoms with Crippen LogP contribution in [-0.4, -0.2) is 20.7 Å². The fourth-order valence-electron chi connectivity index (χ4n) is 5.86. The lowest BCUT2D eigenvalue weighted by molar-refractivity contribution is -0.130. The van der Waals surface area contributed by atoms with E-state index in [1.165, 1.54) is 43.8 Å². The van der Waals surface area contributed by atoms with Gasteiger partial charge in [-0.15, -0.1) is 0 Å². The SMILES string of the molecule is CC[Si](CC)(CC)OCCCC(C)[C@H]1CC[C@H]2C(=O)CCC[C@]12C. The largest absolute Gasteiger partial charge is 0.417 e. The van der Waals surface area contributed by atoms with Gasteiger partial charge >= 0.3 is 0 Å². The molecule has 0 bridgehead atoms. The van der Waals surface area contributed by atoms with Crippen molar-refractivity contribution in [2.45, 2.75) is 97.7 Å². The van der Waals surface area contributed by atoms with Crippen molar-refractivity contribution in [2.24, 2.45) is 23.2 Å². The van der Waals surface area contributed by atoms with Crippen molar-refractivity contribution in [2.75, 3.05) is 6.61 Å². The number of hydrogen-bond donors (Lipinski definition) is 0. The summed E-state index contributed by atoms with van der Waals surface area (Å²) in [5, 5.41) is 0. The Bertz CT molecular complexity index is 410. The first kappa shape index (κ1) is 20.2. The minimum Gasteiger partial charge on any atom is -0.417 e. The minimum atomic E-state index is -1.42. The number of carbonyl (C=O) groups is 1. The van der Waals surface area contributed by atoms with Crippen molar-refractivity contribution in [3.63, 3.8) is 0 Å².